The number of benzene rings is 1. The van der Waals surface area contributed by atoms with Crippen LogP contribution in [0, 0.1) is 0 Å². The predicted octanol–water partition coefficient (Wildman–Crippen LogP) is 2.80. The molecule has 0 spiro atoms. The monoisotopic (exact) mass is 526 g/mol. The molecule has 1 saturated heterocycles. The maximum Gasteiger partial charge on any atom is 0.338 e. The van der Waals surface area contributed by atoms with E-state index in [4.69, 9.17) is 20.8 Å². The van der Waals surface area contributed by atoms with Gasteiger partial charge in [0.25, 0.3) is 5.56 Å². The first kappa shape index (κ1) is 24.5. The third-order valence-electron chi connectivity index (χ3n) is 6.40. The van der Waals surface area contributed by atoms with Crippen LogP contribution < -0.4 is 19.8 Å². The number of anilines is 1. The average Bonchev–Trinajstić information content (AvgIpc) is 3.44. The van der Waals surface area contributed by atoms with Crippen molar-refractivity contribution in [1.82, 2.24) is 9.47 Å². The zero-order chi connectivity index (χ0) is 25.4. The molecule has 1 atom stereocenters. The van der Waals surface area contributed by atoms with Crippen LogP contribution in [0.1, 0.15) is 31.2 Å². The van der Waals surface area contributed by atoms with Gasteiger partial charge in [0.05, 0.1) is 28.5 Å². The molecule has 0 bridgehead atoms. The number of fused-ring (bicyclic) bond motifs is 1. The van der Waals surface area contributed by atoms with Crippen LogP contribution >= 0.6 is 22.9 Å². The van der Waals surface area contributed by atoms with E-state index in [1.807, 2.05) is 24.3 Å². The molecule has 0 radical (unpaired) electrons. The van der Waals surface area contributed by atoms with E-state index < -0.39 is 12.0 Å². The number of halogens is 1. The summed E-state index contributed by atoms with van der Waals surface area (Å²) >= 11 is 7.38. The molecule has 3 aromatic rings. The van der Waals surface area contributed by atoms with Gasteiger partial charge in [-0.15, -0.1) is 0 Å². The maximum absolute atomic E-state index is 13.7. The van der Waals surface area contributed by atoms with Gasteiger partial charge < -0.3 is 19.0 Å². The molecule has 8 nitrogen and oxygen atoms in total. The summed E-state index contributed by atoms with van der Waals surface area (Å²) in [5.74, 6) is 0.899. The van der Waals surface area contributed by atoms with Gasteiger partial charge in [0.2, 0.25) is 0 Å². The number of nitrogens with zero attached hydrogens (tertiary/aromatic N) is 4. The van der Waals surface area contributed by atoms with E-state index in [0.29, 0.717) is 31.4 Å². The van der Waals surface area contributed by atoms with Crippen LogP contribution in [0.2, 0.25) is 5.02 Å². The molecule has 36 heavy (non-hydrogen) atoms. The fourth-order valence-electron chi connectivity index (χ4n) is 4.50. The van der Waals surface area contributed by atoms with Crippen molar-refractivity contribution in [3.05, 3.63) is 83.7 Å². The van der Waals surface area contributed by atoms with E-state index in [2.05, 4.69) is 21.8 Å². The minimum absolute atomic E-state index is 0.224. The summed E-state index contributed by atoms with van der Waals surface area (Å²) in [7, 11) is 2.11. The molecular formula is C26H27ClN4O4S. The van der Waals surface area contributed by atoms with Crippen molar-refractivity contribution in [1.29, 1.82) is 0 Å². The Labute approximate surface area is 217 Å². The average molecular weight is 527 g/mol. The molecule has 2 aliphatic rings. The number of hydrogen-bond donors (Lipinski definition) is 0. The van der Waals surface area contributed by atoms with E-state index in [9.17, 15) is 9.59 Å². The number of thiazole rings is 1. The highest BCUT2D eigenvalue weighted by Gasteiger charge is 2.33. The van der Waals surface area contributed by atoms with E-state index >= 15 is 0 Å². The lowest BCUT2D eigenvalue weighted by Gasteiger charge is -2.32. The number of hydrogen-bond acceptors (Lipinski definition) is 8. The summed E-state index contributed by atoms with van der Waals surface area (Å²) < 4.78 is 13.4. The zero-order valence-corrected chi connectivity index (χ0v) is 21.9. The first-order chi connectivity index (χ1) is 17.4. The minimum Gasteiger partial charge on any atom is -0.463 e. The SMILES string of the molecule is CCOC(=O)C1=C(C)N=c2s/c(=C/c3ccc(N4CCN(C)CC4)o3)c(=O)n2[C@H]1c1ccc(Cl)cc1. The second-order valence-corrected chi connectivity index (χ2v) is 10.3. The van der Waals surface area contributed by atoms with Gasteiger partial charge in [-0.25, -0.2) is 9.79 Å². The summed E-state index contributed by atoms with van der Waals surface area (Å²) in [4.78, 5) is 36.2. The Morgan fingerprint density at radius 3 is 2.61 bits per heavy atom. The predicted molar refractivity (Wildman–Crippen MR) is 140 cm³/mol. The molecule has 2 aromatic heterocycles. The Kier molecular flexibility index (Phi) is 6.87. The highest BCUT2D eigenvalue weighted by molar-refractivity contribution is 7.07. The van der Waals surface area contributed by atoms with Crippen LogP contribution in [0.15, 0.2) is 61.9 Å². The number of rotatable bonds is 5. The number of allylic oxidation sites excluding steroid dienone is 1. The Bertz CT molecular complexity index is 1490. The standard InChI is InChI=1S/C26H27ClN4O4S/c1-4-34-25(33)22-16(2)28-26-31(23(22)17-5-7-18(27)8-6-17)24(32)20(36-26)15-19-9-10-21(35-19)30-13-11-29(3)12-14-30/h5-10,15,23H,4,11-14H2,1-3H3/b20-15+/t23-/m0/s1. The van der Waals surface area contributed by atoms with Gasteiger partial charge in [0, 0.05) is 43.3 Å². The van der Waals surface area contributed by atoms with Crippen LogP contribution in [0.3, 0.4) is 0 Å². The highest BCUT2D eigenvalue weighted by Crippen LogP contribution is 2.31. The van der Waals surface area contributed by atoms with Crippen LogP contribution in [0.5, 0.6) is 0 Å². The molecule has 1 fully saturated rings. The molecule has 0 N–H and O–H groups in total. The van der Waals surface area contributed by atoms with Crippen molar-refractivity contribution >= 4 is 40.9 Å². The number of esters is 1. The van der Waals surface area contributed by atoms with Gasteiger partial charge in [-0.05, 0) is 44.7 Å². The topological polar surface area (TPSA) is 80.3 Å². The maximum atomic E-state index is 13.7. The number of ether oxygens (including phenoxy) is 1. The zero-order valence-electron chi connectivity index (χ0n) is 20.4. The molecule has 0 unspecified atom stereocenters. The van der Waals surface area contributed by atoms with Gasteiger partial charge in [0.15, 0.2) is 10.7 Å². The third-order valence-corrected chi connectivity index (χ3v) is 7.64. The van der Waals surface area contributed by atoms with Crippen molar-refractivity contribution in [2.45, 2.75) is 19.9 Å². The number of aromatic nitrogens is 1. The van der Waals surface area contributed by atoms with E-state index in [1.165, 1.54) is 11.3 Å². The lowest BCUT2D eigenvalue weighted by Crippen LogP contribution is -2.44. The summed E-state index contributed by atoms with van der Waals surface area (Å²) in [5.41, 5.74) is 1.37. The second kappa shape index (κ2) is 10.1. The van der Waals surface area contributed by atoms with Crippen LogP contribution in [0.25, 0.3) is 6.08 Å². The summed E-state index contributed by atoms with van der Waals surface area (Å²) in [6, 6.07) is 10.3. The molecule has 188 valence electrons. The van der Waals surface area contributed by atoms with Crippen LogP contribution in [-0.4, -0.2) is 55.3 Å². The smallest absolute Gasteiger partial charge is 0.338 e. The molecule has 0 aliphatic carbocycles. The number of likely N-dealkylation sites (N-methyl/N-ethyl adjacent to an activating group) is 1. The lowest BCUT2D eigenvalue weighted by atomic mass is 9.96. The van der Waals surface area contributed by atoms with Gasteiger partial charge in [0.1, 0.15) is 5.76 Å². The number of piperazine rings is 1. The number of carbonyl (C=O) groups excluding carboxylic acids is 1. The quantitative estimate of drug-likeness (QED) is 0.476. The Balaban J connectivity index is 1.58. The number of carbonyl (C=O) groups is 1. The van der Waals surface area contributed by atoms with E-state index in [1.54, 1.807) is 36.6 Å². The van der Waals surface area contributed by atoms with E-state index in [-0.39, 0.29) is 12.2 Å². The molecule has 4 heterocycles. The summed E-state index contributed by atoms with van der Waals surface area (Å²) in [6.45, 7) is 7.47. The van der Waals surface area contributed by atoms with Gasteiger partial charge >= 0.3 is 5.97 Å². The van der Waals surface area contributed by atoms with Crippen molar-refractivity contribution in [3.63, 3.8) is 0 Å². The first-order valence-corrected chi connectivity index (χ1v) is 13.0. The Morgan fingerprint density at radius 1 is 1.19 bits per heavy atom. The molecule has 1 aromatic carbocycles. The summed E-state index contributed by atoms with van der Waals surface area (Å²) in [5, 5.41) is 0.568. The highest BCUT2D eigenvalue weighted by atomic mass is 35.5. The normalized spacial score (nSPS) is 18.8. The lowest BCUT2D eigenvalue weighted by molar-refractivity contribution is -0.139. The first-order valence-electron chi connectivity index (χ1n) is 11.8. The molecule has 0 saturated carbocycles. The van der Waals surface area contributed by atoms with Crippen molar-refractivity contribution < 1.29 is 13.9 Å². The van der Waals surface area contributed by atoms with Crippen LogP contribution in [0.4, 0.5) is 5.88 Å². The van der Waals surface area contributed by atoms with Crippen molar-refractivity contribution in [3.8, 4) is 0 Å². The van der Waals surface area contributed by atoms with Crippen molar-refractivity contribution in [2.75, 3.05) is 44.7 Å². The molecule has 2 aliphatic heterocycles. The molecular weight excluding hydrogens is 500 g/mol. The fourth-order valence-corrected chi connectivity index (χ4v) is 5.65. The largest absolute Gasteiger partial charge is 0.463 e. The minimum atomic E-state index is -0.669. The van der Waals surface area contributed by atoms with E-state index in [0.717, 1.165) is 37.6 Å². The van der Waals surface area contributed by atoms with Gasteiger partial charge in [-0.3, -0.25) is 9.36 Å². The van der Waals surface area contributed by atoms with Crippen LogP contribution in [-0.2, 0) is 9.53 Å². The fraction of sp³-hybridized carbons (Fsp3) is 0.346. The van der Waals surface area contributed by atoms with Crippen molar-refractivity contribution in [2.24, 2.45) is 4.99 Å². The number of furan rings is 1. The molecule has 10 heteroatoms. The third kappa shape index (κ3) is 4.66. The second-order valence-electron chi connectivity index (χ2n) is 8.82. The molecule has 5 rings (SSSR count). The molecule has 0 amide bonds. The summed E-state index contributed by atoms with van der Waals surface area (Å²) in [6.07, 6.45) is 1.74. The van der Waals surface area contributed by atoms with Gasteiger partial charge in [-0.2, -0.15) is 0 Å². The Hall–Kier alpha value is -3.14. The Morgan fingerprint density at radius 2 is 1.92 bits per heavy atom. The van der Waals surface area contributed by atoms with Gasteiger partial charge in [-0.1, -0.05) is 35.1 Å².